The smallest absolute Gasteiger partial charge is 0.268 e. The number of morpholine rings is 1. The van der Waals surface area contributed by atoms with Gasteiger partial charge in [-0.3, -0.25) is 14.0 Å². The molecular formula is C24H32ClN3O5S. The van der Waals surface area contributed by atoms with E-state index in [1.807, 2.05) is 6.92 Å². The Bertz CT molecular complexity index is 1100. The third-order valence-electron chi connectivity index (χ3n) is 5.69. The summed E-state index contributed by atoms with van der Waals surface area (Å²) in [6.45, 7) is 7.76. The molecule has 0 spiro atoms. The molecule has 8 nitrogen and oxygen atoms in total. The fraction of sp³-hybridized carbons (Fsp3) is 0.458. The minimum Gasteiger partial charge on any atom is -0.495 e. The van der Waals surface area contributed by atoms with Crippen LogP contribution in [0.4, 0.5) is 5.69 Å². The van der Waals surface area contributed by atoms with Crippen LogP contribution in [-0.4, -0.2) is 72.3 Å². The van der Waals surface area contributed by atoms with Gasteiger partial charge in [0, 0.05) is 24.7 Å². The van der Waals surface area contributed by atoms with Crippen LogP contribution >= 0.6 is 11.6 Å². The minimum atomic E-state index is -4.13. The third-order valence-corrected chi connectivity index (χ3v) is 7.90. The molecule has 34 heavy (non-hydrogen) atoms. The van der Waals surface area contributed by atoms with Gasteiger partial charge in [-0.2, -0.15) is 0 Å². The molecule has 0 unspecified atom stereocenters. The zero-order valence-electron chi connectivity index (χ0n) is 19.8. The van der Waals surface area contributed by atoms with Crippen LogP contribution in [0.3, 0.4) is 0 Å². The molecule has 3 rings (SSSR count). The number of ether oxygens (including phenoxy) is 2. The minimum absolute atomic E-state index is 0.00758. The number of carbonyl (C=O) groups is 1. The molecule has 10 heteroatoms. The molecule has 0 aromatic heterocycles. The van der Waals surface area contributed by atoms with Crippen LogP contribution in [0.1, 0.15) is 17.5 Å². The maximum atomic E-state index is 13.7. The quantitative estimate of drug-likeness (QED) is 0.495. The summed E-state index contributed by atoms with van der Waals surface area (Å²) in [5.41, 5.74) is 1.87. The SMILES string of the molecule is COc1ccc(C)cc1S(=O)(=O)N(CC(=O)NCCCN1CCOCC1)c1ccc(C)c(Cl)c1. The lowest BCUT2D eigenvalue weighted by Crippen LogP contribution is -2.42. The van der Waals surface area contributed by atoms with E-state index in [-0.39, 0.29) is 17.2 Å². The number of hydrogen-bond acceptors (Lipinski definition) is 6. The van der Waals surface area contributed by atoms with E-state index in [4.69, 9.17) is 21.1 Å². The molecule has 186 valence electrons. The van der Waals surface area contributed by atoms with E-state index in [2.05, 4.69) is 10.2 Å². The standard InChI is InChI=1S/C24H32ClN3O5S/c1-18-5-8-22(32-3)23(15-18)34(30,31)28(20-7-6-19(2)21(25)16-20)17-24(29)26-9-4-10-27-11-13-33-14-12-27/h5-8,15-16H,4,9-14,17H2,1-3H3,(H,26,29). The summed E-state index contributed by atoms with van der Waals surface area (Å²) in [5.74, 6) is -0.186. The second-order valence-electron chi connectivity index (χ2n) is 8.26. The monoisotopic (exact) mass is 509 g/mol. The van der Waals surface area contributed by atoms with Gasteiger partial charge in [0.15, 0.2) is 0 Å². The summed E-state index contributed by atoms with van der Waals surface area (Å²) in [6.07, 6.45) is 0.764. The van der Waals surface area contributed by atoms with Gasteiger partial charge in [0.1, 0.15) is 17.2 Å². The number of nitrogens with zero attached hydrogens (tertiary/aromatic N) is 2. The van der Waals surface area contributed by atoms with Crippen molar-refractivity contribution in [3.63, 3.8) is 0 Å². The Balaban J connectivity index is 1.79. The number of carbonyl (C=O) groups excluding carboxylic acids is 1. The predicted molar refractivity (Wildman–Crippen MR) is 133 cm³/mol. The predicted octanol–water partition coefficient (Wildman–Crippen LogP) is 3.00. The van der Waals surface area contributed by atoms with E-state index in [0.717, 1.165) is 54.7 Å². The molecule has 0 radical (unpaired) electrons. The van der Waals surface area contributed by atoms with Gasteiger partial charge >= 0.3 is 0 Å². The number of hydrogen-bond donors (Lipinski definition) is 1. The van der Waals surface area contributed by atoms with Crippen molar-refractivity contribution in [3.8, 4) is 5.75 Å². The number of amides is 1. The number of nitrogens with one attached hydrogen (secondary N) is 1. The van der Waals surface area contributed by atoms with Gasteiger partial charge in [0.25, 0.3) is 10.0 Å². The topological polar surface area (TPSA) is 88.2 Å². The molecule has 1 aliphatic heterocycles. The number of rotatable bonds is 10. The zero-order valence-corrected chi connectivity index (χ0v) is 21.4. The summed E-state index contributed by atoms with van der Waals surface area (Å²) in [6, 6.07) is 9.85. The molecule has 0 bridgehead atoms. The number of anilines is 1. The number of aryl methyl sites for hydroxylation is 2. The van der Waals surface area contributed by atoms with Gasteiger partial charge in [0.05, 0.1) is 26.0 Å². The Hall–Kier alpha value is -2.33. The summed E-state index contributed by atoms with van der Waals surface area (Å²) in [5, 5.41) is 3.26. The Morgan fingerprint density at radius 3 is 2.59 bits per heavy atom. The Kier molecular flexibility index (Phi) is 9.18. The van der Waals surface area contributed by atoms with Crippen molar-refractivity contribution in [2.75, 3.05) is 57.4 Å². The highest BCUT2D eigenvalue weighted by Crippen LogP contribution is 2.32. The first kappa shape index (κ1) is 26.3. The summed E-state index contributed by atoms with van der Waals surface area (Å²) in [4.78, 5) is 15.1. The average Bonchev–Trinajstić information content (AvgIpc) is 2.82. The lowest BCUT2D eigenvalue weighted by molar-refractivity contribution is -0.119. The van der Waals surface area contributed by atoms with Crippen LogP contribution in [0.2, 0.25) is 5.02 Å². The van der Waals surface area contributed by atoms with Crippen LogP contribution in [0.5, 0.6) is 5.75 Å². The molecule has 2 aromatic carbocycles. The first-order valence-corrected chi connectivity index (χ1v) is 13.0. The number of sulfonamides is 1. The lowest BCUT2D eigenvalue weighted by Gasteiger charge is -2.27. The molecule has 1 heterocycles. The molecule has 2 aromatic rings. The first-order chi connectivity index (χ1) is 16.2. The largest absolute Gasteiger partial charge is 0.495 e. The molecule has 1 saturated heterocycles. The van der Waals surface area contributed by atoms with E-state index in [9.17, 15) is 13.2 Å². The van der Waals surface area contributed by atoms with Gasteiger partial charge < -0.3 is 14.8 Å². The maximum Gasteiger partial charge on any atom is 0.268 e. The zero-order chi connectivity index (χ0) is 24.7. The molecule has 0 aliphatic carbocycles. The number of methoxy groups -OCH3 is 1. The molecule has 1 amide bonds. The van der Waals surface area contributed by atoms with Crippen LogP contribution in [0, 0.1) is 13.8 Å². The van der Waals surface area contributed by atoms with Crippen molar-refractivity contribution >= 4 is 33.2 Å². The first-order valence-electron chi connectivity index (χ1n) is 11.2. The van der Waals surface area contributed by atoms with Gasteiger partial charge in [-0.25, -0.2) is 8.42 Å². The van der Waals surface area contributed by atoms with E-state index in [0.29, 0.717) is 17.3 Å². The Morgan fingerprint density at radius 2 is 1.91 bits per heavy atom. The van der Waals surface area contributed by atoms with Crippen LogP contribution in [-0.2, 0) is 19.6 Å². The molecule has 1 N–H and O–H groups in total. The van der Waals surface area contributed by atoms with Crippen molar-refractivity contribution < 1.29 is 22.7 Å². The highest BCUT2D eigenvalue weighted by molar-refractivity contribution is 7.93. The maximum absolute atomic E-state index is 13.7. The van der Waals surface area contributed by atoms with Crippen molar-refractivity contribution in [2.24, 2.45) is 0 Å². The van der Waals surface area contributed by atoms with Crippen molar-refractivity contribution in [2.45, 2.75) is 25.2 Å². The number of halogens is 1. The Morgan fingerprint density at radius 1 is 1.18 bits per heavy atom. The van der Waals surface area contributed by atoms with E-state index >= 15 is 0 Å². The summed E-state index contributed by atoms with van der Waals surface area (Å²) >= 11 is 6.29. The highest BCUT2D eigenvalue weighted by atomic mass is 35.5. The normalized spacial score (nSPS) is 14.6. The summed E-state index contributed by atoms with van der Waals surface area (Å²) < 4.78 is 39.2. The van der Waals surface area contributed by atoms with Crippen molar-refractivity contribution in [3.05, 3.63) is 52.5 Å². The fourth-order valence-corrected chi connectivity index (χ4v) is 5.53. The molecule has 1 aliphatic rings. The van der Waals surface area contributed by atoms with E-state index in [1.54, 1.807) is 37.3 Å². The van der Waals surface area contributed by atoms with Crippen LogP contribution in [0.15, 0.2) is 41.3 Å². The molecule has 0 saturated carbocycles. The van der Waals surface area contributed by atoms with E-state index in [1.165, 1.54) is 13.2 Å². The molecular weight excluding hydrogens is 478 g/mol. The second kappa shape index (κ2) is 11.9. The summed E-state index contributed by atoms with van der Waals surface area (Å²) in [7, 11) is -2.71. The van der Waals surface area contributed by atoms with Gasteiger partial charge in [-0.15, -0.1) is 0 Å². The second-order valence-corrected chi connectivity index (χ2v) is 10.5. The molecule has 1 fully saturated rings. The molecule has 0 atom stereocenters. The van der Waals surface area contributed by atoms with Gasteiger partial charge in [0.2, 0.25) is 5.91 Å². The van der Waals surface area contributed by atoms with E-state index < -0.39 is 15.9 Å². The Labute approximate surface area is 206 Å². The fourth-order valence-electron chi connectivity index (χ4n) is 3.70. The van der Waals surface area contributed by atoms with Crippen LogP contribution in [0.25, 0.3) is 0 Å². The number of benzene rings is 2. The van der Waals surface area contributed by atoms with Gasteiger partial charge in [-0.1, -0.05) is 23.7 Å². The van der Waals surface area contributed by atoms with Crippen molar-refractivity contribution in [1.82, 2.24) is 10.2 Å². The van der Waals surface area contributed by atoms with Crippen molar-refractivity contribution in [1.29, 1.82) is 0 Å². The van der Waals surface area contributed by atoms with Gasteiger partial charge in [-0.05, 0) is 62.2 Å². The highest BCUT2D eigenvalue weighted by Gasteiger charge is 2.30. The van der Waals surface area contributed by atoms with Crippen LogP contribution < -0.4 is 14.4 Å². The average molecular weight is 510 g/mol. The third kappa shape index (κ3) is 6.63. The lowest BCUT2D eigenvalue weighted by atomic mass is 10.2.